The summed E-state index contributed by atoms with van der Waals surface area (Å²) in [6.07, 6.45) is 0.641. The first-order chi connectivity index (χ1) is 8.69. The van der Waals surface area contributed by atoms with E-state index in [2.05, 4.69) is 0 Å². The van der Waals surface area contributed by atoms with Crippen molar-refractivity contribution in [3.8, 4) is 0 Å². The minimum atomic E-state index is -1.86. The number of carbonyl (C=O) groups excluding carboxylic acids is 2. The first-order valence-corrected chi connectivity index (χ1v) is 6.26. The quantitative estimate of drug-likeness (QED) is 0.795. The molecular weight excluding hydrogens is 246 g/mol. The van der Waals surface area contributed by atoms with E-state index in [1.807, 2.05) is 6.92 Å². The van der Waals surface area contributed by atoms with E-state index >= 15 is 0 Å². The first kappa shape index (κ1) is 15.4. The Morgan fingerprint density at radius 3 is 2.47 bits per heavy atom. The van der Waals surface area contributed by atoms with E-state index in [0.717, 1.165) is 0 Å². The second-order valence-electron chi connectivity index (χ2n) is 5.02. The molecule has 1 rings (SSSR count). The average molecular weight is 267 g/mol. The van der Waals surface area contributed by atoms with Crippen LogP contribution in [0.15, 0.2) is 22.6 Å². The Morgan fingerprint density at radius 2 is 2.05 bits per heavy atom. The minimum absolute atomic E-state index is 0.124. The van der Waals surface area contributed by atoms with E-state index in [9.17, 15) is 14.7 Å². The first-order valence-electron chi connectivity index (χ1n) is 6.26. The monoisotopic (exact) mass is 267 g/mol. The van der Waals surface area contributed by atoms with Crippen LogP contribution in [-0.4, -0.2) is 29.4 Å². The molecular formula is C14H21NO4. The molecule has 1 aliphatic carbocycles. The number of ether oxygens (including phenoxy) is 1. The highest BCUT2D eigenvalue weighted by atomic mass is 16.5. The van der Waals surface area contributed by atoms with E-state index in [4.69, 9.17) is 10.5 Å². The summed E-state index contributed by atoms with van der Waals surface area (Å²) in [5.74, 6) is -0.846. The number of aliphatic hydroxyl groups is 1. The molecule has 3 N–H and O–H groups in total. The summed E-state index contributed by atoms with van der Waals surface area (Å²) in [5, 5.41) is 10.2. The molecule has 1 aliphatic rings. The third kappa shape index (κ3) is 2.30. The Morgan fingerprint density at radius 1 is 1.53 bits per heavy atom. The summed E-state index contributed by atoms with van der Waals surface area (Å²) < 4.78 is 5.15. The highest BCUT2D eigenvalue weighted by Gasteiger charge is 2.44. The van der Waals surface area contributed by atoms with Crippen molar-refractivity contribution in [1.29, 1.82) is 0 Å². The predicted molar refractivity (Wildman–Crippen MR) is 71.0 cm³/mol. The van der Waals surface area contributed by atoms with Crippen LogP contribution in [0.4, 0.5) is 0 Å². The molecule has 0 unspecified atom stereocenters. The Balaban J connectivity index is 3.51. The standard InChI is InChI=1S/C14H21NO4/c1-6-7(2)10(16)9-11(19-5)8(3)13(17)14(4,18)12(9)15/h7,18H,6,15H2,1-5H3/t7-,14+/m0/s1. The van der Waals surface area contributed by atoms with Crippen LogP contribution in [0, 0.1) is 5.92 Å². The van der Waals surface area contributed by atoms with Crippen LogP contribution in [0.2, 0.25) is 0 Å². The van der Waals surface area contributed by atoms with Gasteiger partial charge in [-0.3, -0.25) is 9.59 Å². The summed E-state index contributed by atoms with van der Waals surface area (Å²) in [5.41, 5.74) is 4.19. The van der Waals surface area contributed by atoms with Crippen LogP contribution in [0.25, 0.3) is 0 Å². The lowest BCUT2D eigenvalue weighted by molar-refractivity contribution is -0.129. The number of carbonyl (C=O) groups is 2. The molecule has 0 heterocycles. The molecule has 0 amide bonds. The largest absolute Gasteiger partial charge is 0.496 e. The molecule has 0 saturated heterocycles. The van der Waals surface area contributed by atoms with Crippen molar-refractivity contribution in [3.63, 3.8) is 0 Å². The molecule has 0 radical (unpaired) electrons. The SMILES string of the molecule is CC[C@H](C)C(=O)C1=C(N)[C@@](C)(O)C(=O)C(C)=C1OC. The van der Waals surface area contributed by atoms with Crippen LogP contribution < -0.4 is 5.73 Å². The molecule has 0 aliphatic heterocycles. The number of methoxy groups -OCH3 is 1. The highest BCUT2D eigenvalue weighted by molar-refractivity contribution is 6.12. The number of nitrogens with two attached hydrogens (primary N) is 1. The summed E-state index contributed by atoms with van der Waals surface area (Å²) in [4.78, 5) is 24.4. The van der Waals surface area contributed by atoms with Crippen molar-refractivity contribution in [3.05, 3.63) is 22.6 Å². The zero-order chi connectivity index (χ0) is 15.0. The van der Waals surface area contributed by atoms with E-state index in [-0.39, 0.29) is 34.3 Å². The molecule has 0 saturated carbocycles. The topological polar surface area (TPSA) is 89.6 Å². The third-order valence-electron chi connectivity index (χ3n) is 3.65. The van der Waals surface area contributed by atoms with Gasteiger partial charge in [0.05, 0.1) is 18.4 Å². The maximum atomic E-state index is 12.4. The van der Waals surface area contributed by atoms with Gasteiger partial charge in [0, 0.05) is 11.5 Å². The normalized spacial score (nSPS) is 25.7. The fourth-order valence-corrected chi connectivity index (χ4v) is 2.08. The van der Waals surface area contributed by atoms with Gasteiger partial charge in [0.15, 0.2) is 17.2 Å². The number of hydrogen-bond acceptors (Lipinski definition) is 5. The summed E-state index contributed by atoms with van der Waals surface area (Å²) in [6, 6.07) is 0. The van der Waals surface area contributed by atoms with Crippen LogP contribution >= 0.6 is 0 Å². The van der Waals surface area contributed by atoms with Gasteiger partial charge in [-0.2, -0.15) is 0 Å². The van der Waals surface area contributed by atoms with Gasteiger partial charge in [-0.15, -0.1) is 0 Å². The maximum Gasteiger partial charge on any atom is 0.199 e. The second-order valence-corrected chi connectivity index (χ2v) is 5.02. The molecule has 0 fully saturated rings. The highest BCUT2D eigenvalue weighted by Crippen LogP contribution is 2.34. The molecule has 0 spiro atoms. The number of allylic oxidation sites excluding steroid dienone is 1. The van der Waals surface area contributed by atoms with Crippen molar-refractivity contribution in [2.45, 2.75) is 39.7 Å². The number of hydrogen-bond donors (Lipinski definition) is 2. The Kier molecular flexibility index (Phi) is 4.20. The average Bonchev–Trinajstić information content (AvgIpc) is 2.39. The lowest BCUT2D eigenvalue weighted by atomic mass is 9.79. The smallest absolute Gasteiger partial charge is 0.199 e. The fourth-order valence-electron chi connectivity index (χ4n) is 2.08. The Bertz CT molecular complexity index is 486. The molecule has 2 atom stereocenters. The van der Waals surface area contributed by atoms with Crippen molar-refractivity contribution in [2.24, 2.45) is 11.7 Å². The summed E-state index contributed by atoms with van der Waals surface area (Å²) in [7, 11) is 1.38. The number of Topliss-reactive ketones (excluding diaryl/α,β-unsaturated/α-hetero) is 2. The van der Waals surface area contributed by atoms with E-state index < -0.39 is 11.4 Å². The molecule has 5 heteroatoms. The lowest BCUT2D eigenvalue weighted by Crippen LogP contribution is -2.46. The van der Waals surface area contributed by atoms with Crippen LogP contribution in [0.5, 0.6) is 0 Å². The van der Waals surface area contributed by atoms with Gasteiger partial charge >= 0.3 is 0 Å². The van der Waals surface area contributed by atoms with Gasteiger partial charge in [-0.05, 0) is 20.3 Å². The number of ketones is 2. The maximum absolute atomic E-state index is 12.4. The third-order valence-corrected chi connectivity index (χ3v) is 3.65. The molecule has 0 bridgehead atoms. The van der Waals surface area contributed by atoms with Gasteiger partial charge in [-0.25, -0.2) is 0 Å². The van der Waals surface area contributed by atoms with Crippen LogP contribution in [-0.2, 0) is 14.3 Å². The Hall–Kier alpha value is -1.62. The predicted octanol–water partition coefficient (Wildman–Crippen LogP) is 1.07. The lowest BCUT2D eigenvalue weighted by Gasteiger charge is -2.31. The van der Waals surface area contributed by atoms with Gasteiger partial charge in [0.25, 0.3) is 0 Å². The second kappa shape index (κ2) is 5.17. The van der Waals surface area contributed by atoms with E-state index in [1.165, 1.54) is 21.0 Å². The summed E-state index contributed by atoms with van der Waals surface area (Å²) in [6.45, 7) is 6.47. The van der Waals surface area contributed by atoms with Crippen molar-refractivity contribution in [2.75, 3.05) is 7.11 Å². The van der Waals surface area contributed by atoms with Gasteiger partial charge in [-0.1, -0.05) is 13.8 Å². The van der Waals surface area contributed by atoms with Crippen molar-refractivity contribution < 1.29 is 19.4 Å². The van der Waals surface area contributed by atoms with Crippen LogP contribution in [0.3, 0.4) is 0 Å². The van der Waals surface area contributed by atoms with E-state index in [1.54, 1.807) is 6.92 Å². The van der Waals surface area contributed by atoms with Crippen LogP contribution in [0.1, 0.15) is 34.1 Å². The fraction of sp³-hybridized carbons (Fsp3) is 0.571. The van der Waals surface area contributed by atoms with Crippen molar-refractivity contribution in [1.82, 2.24) is 0 Å². The molecule has 0 aromatic carbocycles. The molecule has 0 aromatic rings. The minimum Gasteiger partial charge on any atom is -0.496 e. The molecule has 106 valence electrons. The van der Waals surface area contributed by atoms with Crippen molar-refractivity contribution >= 4 is 11.6 Å². The zero-order valence-corrected chi connectivity index (χ0v) is 12.0. The zero-order valence-electron chi connectivity index (χ0n) is 12.0. The molecule has 5 nitrogen and oxygen atoms in total. The molecule has 0 aromatic heterocycles. The van der Waals surface area contributed by atoms with Gasteiger partial charge < -0.3 is 15.6 Å². The van der Waals surface area contributed by atoms with E-state index in [0.29, 0.717) is 6.42 Å². The number of rotatable bonds is 4. The van der Waals surface area contributed by atoms with Gasteiger partial charge in [0.2, 0.25) is 0 Å². The Labute approximate surface area is 113 Å². The molecule has 19 heavy (non-hydrogen) atoms. The van der Waals surface area contributed by atoms with Gasteiger partial charge in [0.1, 0.15) is 5.76 Å². The summed E-state index contributed by atoms with van der Waals surface area (Å²) >= 11 is 0.